The topological polar surface area (TPSA) is 105 Å². The van der Waals surface area contributed by atoms with Gasteiger partial charge >= 0.3 is 12.1 Å². The van der Waals surface area contributed by atoms with Crippen LogP contribution in [0.15, 0.2) is 12.4 Å². The fraction of sp³-hybridized carbons (Fsp3) is 0.647. The van der Waals surface area contributed by atoms with Crippen LogP contribution in [0.4, 0.5) is 10.6 Å². The van der Waals surface area contributed by atoms with Crippen LogP contribution in [0.1, 0.15) is 51.5 Å². The number of alkyl carbamates (subject to hydrolysis) is 1. The summed E-state index contributed by atoms with van der Waals surface area (Å²) in [6.45, 7) is 11.4. The number of hydrogen-bond donors (Lipinski definition) is 2. The molecule has 0 spiro atoms. The summed E-state index contributed by atoms with van der Waals surface area (Å²) < 4.78 is 5.21. The Morgan fingerprint density at radius 1 is 1.36 bits per heavy atom. The minimum atomic E-state index is -1.07. The molecular formula is C17H28N4O4. The van der Waals surface area contributed by atoms with Crippen molar-refractivity contribution in [2.45, 2.75) is 46.6 Å². The van der Waals surface area contributed by atoms with Crippen LogP contribution in [0.25, 0.3) is 0 Å². The first-order chi connectivity index (χ1) is 11.6. The summed E-state index contributed by atoms with van der Waals surface area (Å²) in [7, 11) is 0. The Balaban J connectivity index is 2.50. The van der Waals surface area contributed by atoms with Gasteiger partial charge in [0.25, 0.3) is 0 Å². The van der Waals surface area contributed by atoms with E-state index in [4.69, 9.17) is 9.84 Å². The maximum absolute atomic E-state index is 11.7. The zero-order chi connectivity index (χ0) is 19.0. The fourth-order valence-electron chi connectivity index (χ4n) is 2.12. The number of nitrogens with one attached hydrogen (secondary N) is 1. The summed E-state index contributed by atoms with van der Waals surface area (Å²) in [6.07, 6.45) is 1.65. The molecule has 1 unspecified atom stereocenters. The van der Waals surface area contributed by atoms with Gasteiger partial charge in [0, 0.05) is 25.7 Å². The number of hydrogen-bond acceptors (Lipinski definition) is 6. The number of aromatic nitrogens is 2. The van der Waals surface area contributed by atoms with Crippen LogP contribution in [0.3, 0.4) is 0 Å². The molecular weight excluding hydrogens is 324 g/mol. The van der Waals surface area contributed by atoms with Crippen molar-refractivity contribution in [1.82, 2.24) is 15.3 Å². The Morgan fingerprint density at radius 2 is 2.04 bits per heavy atom. The van der Waals surface area contributed by atoms with Gasteiger partial charge in [0.1, 0.15) is 17.7 Å². The van der Waals surface area contributed by atoms with Gasteiger partial charge in [-0.25, -0.2) is 19.6 Å². The van der Waals surface area contributed by atoms with E-state index in [1.54, 1.807) is 0 Å². The first-order valence-corrected chi connectivity index (χ1v) is 8.39. The quantitative estimate of drug-likeness (QED) is 0.741. The third-order valence-electron chi connectivity index (χ3n) is 3.46. The number of amides is 1. The monoisotopic (exact) mass is 352 g/mol. The summed E-state index contributed by atoms with van der Waals surface area (Å²) in [4.78, 5) is 32.5. The van der Waals surface area contributed by atoms with E-state index in [2.05, 4.69) is 15.3 Å². The van der Waals surface area contributed by atoms with Crippen LogP contribution in [-0.2, 0) is 4.74 Å². The summed E-state index contributed by atoms with van der Waals surface area (Å²) in [5.74, 6) is -0.251. The summed E-state index contributed by atoms with van der Waals surface area (Å²) >= 11 is 0. The predicted molar refractivity (Wildman–Crippen MR) is 94.9 cm³/mol. The maximum Gasteiger partial charge on any atom is 0.407 e. The third kappa shape index (κ3) is 7.82. The summed E-state index contributed by atoms with van der Waals surface area (Å²) in [5, 5.41) is 11.8. The van der Waals surface area contributed by atoms with Crippen molar-refractivity contribution in [2.75, 3.05) is 24.5 Å². The average molecular weight is 352 g/mol. The lowest BCUT2D eigenvalue weighted by Crippen LogP contribution is -2.35. The van der Waals surface area contributed by atoms with Gasteiger partial charge in [0.15, 0.2) is 5.69 Å². The Labute approximate surface area is 148 Å². The predicted octanol–water partition coefficient (Wildman–Crippen LogP) is 2.55. The highest BCUT2D eigenvalue weighted by atomic mass is 16.6. The standard InChI is InChI=1S/C17H28N4O4/c1-6-21(14-9-13(15(22)23)19-11-20-14)8-7-12(2)10-18-16(24)25-17(3,4)5/h9,11-12H,6-8,10H2,1-5H3,(H,18,24)(H,22,23). The van der Waals surface area contributed by atoms with Crippen molar-refractivity contribution < 1.29 is 19.4 Å². The van der Waals surface area contributed by atoms with Gasteiger partial charge < -0.3 is 20.1 Å². The molecule has 1 aromatic heterocycles. The Kier molecular flexibility index (Phi) is 7.60. The second-order valence-electron chi connectivity index (χ2n) is 6.92. The van der Waals surface area contributed by atoms with Crippen molar-refractivity contribution in [2.24, 2.45) is 5.92 Å². The fourth-order valence-corrected chi connectivity index (χ4v) is 2.12. The molecule has 0 aliphatic rings. The molecule has 1 atom stereocenters. The number of carboxylic acids is 1. The zero-order valence-corrected chi connectivity index (χ0v) is 15.6. The van der Waals surface area contributed by atoms with E-state index in [0.717, 1.165) is 6.42 Å². The van der Waals surface area contributed by atoms with Crippen molar-refractivity contribution in [3.8, 4) is 0 Å². The van der Waals surface area contributed by atoms with Crippen LogP contribution >= 0.6 is 0 Å². The highest BCUT2D eigenvalue weighted by molar-refractivity contribution is 5.86. The summed E-state index contributed by atoms with van der Waals surface area (Å²) in [6, 6.07) is 1.47. The molecule has 0 aliphatic carbocycles. The Morgan fingerprint density at radius 3 is 2.60 bits per heavy atom. The minimum absolute atomic E-state index is 0.0249. The largest absolute Gasteiger partial charge is 0.477 e. The molecule has 25 heavy (non-hydrogen) atoms. The van der Waals surface area contributed by atoms with Gasteiger partial charge in [-0.05, 0) is 40.0 Å². The van der Waals surface area contributed by atoms with Crippen molar-refractivity contribution in [1.29, 1.82) is 0 Å². The molecule has 0 aromatic carbocycles. The molecule has 1 heterocycles. The lowest BCUT2D eigenvalue weighted by molar-refractivity contribution is 0.0519. The average Bonchev–Trinajstić information content (AvgIpc) is 2.52. The Hall–Kier alpha value is -2.38. The molecule has 0 radical (unpaired) electrons. The van der Waals surface area contributed by atoms with Gasteiger partial charge in [-0.3, -0.25) is 0 Å². The van der Waals surface area contributed by atoms with E-state index < -0.39 is 17.7 Å². The second kappa shape index (κ2) is 9.19. The lowest BCUT2D eigenvalue weighted by Gasteiger charge is -2.24. The first-order valence-electron chi connectivity index (χ1n) is 8.39. The molecule has 0 saturated heterocycles. The van der Waals surface area contributed by atoms with Crippen molar-refractivity contribution >= 4 is 17.9 Å². The number of carboxylic acid groups (broad SMARTS) is 1. The lowest BCUT2D eigenvalue weighted by atomic mass is 10.1. The zero-order valence-electron chi connectivity index (χ0n) is 15.6. The maximum atomic E-state index is 11.7. The summed E-state index contributed by atoms with van der Waals surface area (Å²) in [5.41, 5.74) is -0.538. The number of aromatic carboxylic acids is 1. The van der Waals surface area contributed by atoms with Crippen molar-refractivity contribution in [3.05, 3.63) is 18.1 Å². The van der Waals surface area contributed by atoms with Crippen LogP contribution in [0, 0.1) is 5.92 Å². The molecule has 0 fully saturated rings. The SMILES string of the molecule is CCN(CCC(C)CNC(=O)OC(C)(C)C)c1cc(C(=O)O)ncn1. The van der Waals surface area contributed by atoms with E-state index >= 15 is 0 Å². The van der Waals surface area contributed by atoms with E-state index in [-0.39, 0.29) is 11.6 Å². The number of anilines is 1. The number of nitrogens with zero attached hydrogens (tertiary/aromatic N) is 3. The van der Waals surface area contributed by atoms with Gasteiger partial charge in [-0.15, -0.1) is 0 Å². The molecule has 140 valence electrons. The highest BCUT2D eigenvalue weighted by Gasteiger charge is 2.17. The van der Waals surface area contributed by atoms with Crippen LogP contribution < -0.4 is 10.2 Å². The molecule has 8 nitrogen and oxygen atoms in total. The van der Waals surface area contributed by atoms with Crippen molar-refractivity contribution in [3.63, 3.8) is 0 Å². The van der Waals surface area contributed by atoms with Gasteiger partial charge in [0.2, 0.25) is 0 Å². The second-order valence-corrected chi connectivity index (χ2v) is 6.92. The van der Waals surface area contributed by atoms with Crippen LogP contribution in [0.5, 0.6) is 0 Å². The molecule has 0 saturated carbocycles. The number of rotatable bonds is 8. The van der Waals surface area contributed by atoms with Gasteiger partial charge in [-0.1, -0.05) is 6.92 Å². The van der Waals surface area contributed by atoms with E-state index in [9.17, 15) is 9.59 Å². The van der Waals surface area contributed by atoms with Gasteiger partial charge in [-0.2, -0.15) is 0 Å². The van der Waals surface area contributed by atoms with Crippen LogP contribution in [0.2, 0.25) is 0 Å². The smallest absolute Gasteiger partial charge is 0.407 e. The number of carbonyl (C=O) groups excluding carboxylic acids is 1. The number of carbonyl (C=O) groups is 2. The molecule has 2 N–H and O–H groups in total. The van der Waals surface area contributed by atoms with Gasteiger partial charge in [0.05, 0.1) is 0 Å². The van der Waals surface area contributed by atoms with E-state index in [0.29, 0.717) is 25.5 Å². The van der Waals surface area contributed by atoms with Crippen LogP contribution in [-0.4, -0.2) is 52.4 Å². The van der Waals surface area contributed by atoms with E-state index in [1.807, 2.05) is 39.5 Å². The highest BCUT2D eigenvalue weighted by Crippen LogP contribution is 2.13. The molecule has 1 amide bonds. The molecule has 0 aliphatic heterocycles. The Bertz CT molecular complexity index is 586. The number of ether oxygens (including phenoxy) is 1. The molecule has 0 bridgehead atoms. The first kappa shape index (κ1) is 20.7. The van der Waals surface area contributed by atoms with E-state index in [1.165, 1.54) is 12.4 Å². The molecule has 1 rings (SSSR count). The molecule has 8 heteroatoms. The third-order valence-corrected chi connectivity index (χ3v) is 3.46. The normalized spacial score (nSPS) is 12.4. The minimum Gasteiger partial charge on any atom is -0.477 e. The molecule has 1 aromatic rings.